The zero-order chi connectivity index (χ0) is 16.6. The van der Waals surface area contributed by atoms with Gasteiger partial charge in [0.15, 0.2) is 0 Å². The van der Waals surface area contributed by atoms with Gasteiger partial charge in [-0.05, 0) is 23.1 Å². The minimum Gasteiger partial charge on any atom is -1.00 e. The molecule has 0 aliphatic rings. The first-order valence-electron chi connectivity index (χ1n) is 8.01. The summed E-state index contributed by atoms with van der Waals surface area (Å²) in [6.45, 7) is 12.5. The number of aliphatic hydroxyl groups excluding tert-OH is 1. The van der Waals surface area contributed by atoms with E-state index in [0.29, 0.717) is 32.4 Å². The van der Waals surface area contributed by atoms with E-state index in [1.807, 2.05) is 26.0 Å². The fourth-order valence-electron chi connectivity index (χ4n) is 1.92. The average molecular weight is 345 g/mol. The molecule has 0 heterocycles. The van der Waals surface area contributed by atoms with Gasteiger partial charge in [0.25, 0.3) is 0 Å². The van der Waals surface area contributed by atoms with Gasteiger partial charge in [0.2, 0.25) is 0 Å². The van der Waals surface area contributed by atoms with Gasteiger partial charge in [-0.3, -0.25) is 0 Å². The molecule has 0 radical (unpaired) electrons. The first-order chi connectivity index (χ1) is 10.3. The van der Waals surface area contributed by atoms with Crippen molar-refractivity contribution in [2.24, 2.45) is 0 Å². The Balaban J connectivity index is 0.00000484. The van der Waals surface area contributed by atoms with Gasteiger partial charge >= 0.3 is 0 Å². The highest BCUT2D eigenvalue weighted by Gasteiger charge is 2.12. The minimum absolute atomic E-state index is 0. The Morgan fingerprint density at radius 1 is 1.09 bits per heavy atom. The summed E-state index contributed by atoms with van der Waals surface area (Å²) in [5, 5.41) is 12.9. The Hall–Kier alpha value is -0.810. The van der Waals surface area contributed by atoms with Gasteiger partial charge in [-0.1, -0.05) is 46.8 Å². The van der Waals surface area contributed by atoms with Crippen molar-refractivity contribution < 1.29 is 27.0 Å². The van der Waals surface area contributed by atoms with Gasteiger partial charge in [-0.25, -0.2) is 0 Å². The van der Waals surface area contributed by atoms with Gasteiger partial charge in [0.1, 0.15) is 12.4 Å². The molecule has 2 N–H and O–H groups in total. The molecule has 0 bridgehead atoms. The predicted octanol–water partition coefficient (Wildman–Crippen LogP) is -0.258. The second-order valence-electron chi connectivity index (χ2n) is 6.91. The first-order valence-corrected chi connectivity index (χ1v) is 8.01. The maximum atomic E-state index is 9.69. The summed E-state index contributed by atoms with van der Waals surface area (Å²) in [7, 11) is 0. The molecule has 4 nitrogen and oxygen atoms in total. The number of hydrogen-bond acceptors (Lipinski definition) is 4. The van der Waals surface area contributed by atoms with Crippen LogP contribution in [0.5, 0.6) is 5.75 Å². The number of nitrogens with one attached hydrogen (secondary N) is 1. The van der Waals surface area contributed by atoms with Gasteiger partial charge in [-0.2, -0.15) is 0 Å². The lowest BCUT2D eigenvalue weighted by Gasteiger charge is -2.19. The third-order valence-electron chi connectivity index (χ3n) is 3.29. The fraction of sp³-hybridized carbons (Fsp3) is 0.667. The van der Waals surface area contributed by atoms with Crippen LogP contribution in [0.3, 0.4) is 0 Å². The molecule has 134 valence electrons. The van der Waals surface area contributed by atoms with Crippen molar-refractivity contribution in [3.8, 4) is 5.75 Å². The summed E-state index contributed by atoms with van der Waals surface area (Å²) in [6.07, 6.45) is -0.478. The number of aliphatic hydroxyl groups is 1. The SMILES string of the molecule is CC(C)NCC(O)COCCOc1ccc(C(C)(C)C)cc1.[Cl-]. The smallest absolute Gasteiger partial charge is 0.119 e. The van der Waals surface area contributed by atoms with Crippen LogP contribution in [-0.4, -0.2) is 43.6 Å². The molecule has 0 amide bonds. The second kappa shape index (κ2) is 10.9. The van der Waals surface area contributed by atoms with Crippen LogP contribution in [-0.2, 0) is 10.2 Å². The molecule has 0 saturated heterocycles. The number of ether oxygens (including phenoxy) is 2. The van der Waals surface area contributed by atoms with Crippen LogP contribution in [0.15, 0.2) is 24.3 Å². The summed E-state index contributed by atoms with van der Waals surface area (Å²) in [6, 6.07) is 8.54. The molecule has 5 heteroatoms. The molecule has 0 aliphatic carbocycles. The van der Waals surface area contributed by atoms with Gasteiger partial charge < -0.3 is 32.3 Å². The van der Waals surface area contributed by atoms with Crippen molar-refractivity contribution in [2.75, 3.05) is 26.4 Å². The monoisotopic (exact) mass is 344 g/mol. The third kappa shape index (κ3) is 9.82. The molecule has 0 aliphatic heterocycles. The molecular formula is C18H31ClNO3-. The Labute approximate surface area is 147 Å². The molecule has 0 fully saturated rings. The van der Waals surface area contributed by atoms with Crippen LogP contribution in [0.1, 0.15) is 40.2 Å². The van der Waals surface area contributed by atoms with E-state index in [1.54, 1.807) is 0 Å². The fourth-order valence-corrected chi connectivity index (χ4v) is 1.92. The largest absolute Gasteiger partial charge is 1.00 e. The van der Waals surface area contributed by atoms with Gasteiger partial charge in [0.05, 0.1) is 19.3 Å². The summed E-state index contributed by atoms with van der Waals surface area (Å²) in [4.78, 5) is 0. The quantitative estimate of drug-likeness (QED) is 0.606. The second-order valence-corrected chi connectivity index (χ2v) is 6.91. The molecule has 1 rings (SSSR count). The van der Waals surface area contributed by atoms with Crippen molar-refractivity contribution in [2.45, 2.75) is 52.2 Å². The van der Waals surface area contributed by atoms with Crippen LogP contribution in [0, 0.1) is 0 Å². The molecule has 1 unspecified atom stereocenters. The topological polar surface area (TPSA) is 50.7 Å². The maximum Gasteiger partial charge on any atom is 0.119 e. The van der Waals surface area contributed by atoms with Crippen molar-refractivity contribution in [1.82, 2.24) is 5.32 Å². The lowest BCUT2D eigenvalue weighted by atomic mass is 9.87. The van der Waals surface area contributed by atoms with Crippen LogP contribution in [0.4, 0.5) is 0 Å². The van der Waals surface area contributed by atoms with Crippen LogP contribution < -0.4 is 22.5 Å². The van der Waals surface area contributed by atoms with Crippen LogP contribution in [0.25, 0.3) is 0 Å². The zero-order valence-corrected chi connectivity index (χ0v) is 15.7. The van der Waals surface area contributed by atoms with Gasteiger partial charge in [-0.15, -0.1) is 0 Å². The van der Waals surface area contributed by atoms with Crippen LogP contribution in [0.2, 0.25) is 0 Å². The molecule has 0 spiro atoms. The highest BCUT2D eigenvalue weighted by Crippen LogP contribution is 2.24. The Morgan fingerprint density at radius 3 is 2.22 bits per heavy atom. The highest BCUT2D eigenvalue weighted by molar-refractivity contribution is 5.31. The first kappa shape index (κ1) is 22.2. The van der Waals surface area contributed by atoms with Crippen molar-refractivity contribution in [1.29, 1.82) is 0 Å². The highest BCUT2D eigenvalue weighted by atomic mass is 35.5. The lowest BCUT2D eigenvalue weighted by Crippen LogP contribution is -3.00. The number of halogens is 1. The van der Waals surface area contributed by atoms with E-state index in [2.05, 4.69) is 38.2 Å². The van der Waals surface area contributed by atoms with Crippen LogP contribution >= 0.6 is 0 Å². The normalized spacial score (nSPS) is 12.8. The maximum absolute atomic E-state index is 9.69. The molecule has 1 atom stereocenters. The Kier molecular flexibility index (Phi) is 10.5. The Morgan fingerprint density at radius 2 is 1.70 bits per heavy atom. The average Bonchev–Trinajstić information content (AvgIpc) is 2.44. The number of rotatable bonds is 9. The lowest BCUT2D eigenvalue weighted by molar-refractivity contribution is -0.00000835. The molecule has 0 saturated carbocycles. The van der Waals surface area contributed by atoms with E-state index >= 15 is 0 Å². The molecule has 1 aromatic carbocycles. The number of benzene rings is 1. The Bertz CT molecular complexity index is 415. The number of hydrogen-bond donors (Lipinski definition) is 2. The van der Waals surface area contributed by atoms with E-state index < -0.39 is 6.10 Å². The molecular weight excluding hydrogens is 314 g/mol. The minimum atomic E-state index is -0.478. The third-order valence-corrected chi connectivity index (χ3v) is 3.29. The van der Waals surface area contributed by atoms with E-state index in [1.165, 1.54) is 5.56 Å². The standard InChI is InChI=1S/C18H31NO3.ClH/c1-14(2)19-12-16(20)13-21-10-11-22-17-8-6-15(7-9-17)18(3,4)5;/h6-9,14,16,19-20H,10-13H2,1-5H3;1H/p-1. The van der Waals surface area contributed by atoms with E-state index in [-0.39, 0.29) is 17.8 Å². The van der Waals surface area contributed by atoms with E-state index in [4.69, 9.17) is 9.47 Å². The van der Waals surface area contributed by atoms with Crippen molar-refractivity contribution in [3.05, 3.63) is 29.8 Å². The summed E-state index contributed by atoms with van der Waals surface area (Å²) in [5.41, 5.74) is 1.44. The van der Waals surface area contributed by atoms with Crippen molar-refractivity contribution >= 4 is 0 Å². The van der Waals surface area contributed by atoms with E-state index in [9.17, 15) is 5.11 Å². The summed E-state index contributed by atoms with van der Waals surface area (Å²) >= 11 is 0. The summed E-state index contributed by atoms with van der Waals surface area (Å²) in [5.74, 6) is 0.846. The summed E-state index contributed by atoms with van der Waals surface area (Å²) < 4.78 is 11.0. The molecule has 0 aromatic heterocycles. The van der Waals surface area contributed by atoms with Gasteiger partial charge in [0, 0.05) is 12.6 Å². The van der Waals surface area contributed by atoms with Crippen molar-refractivity contribution in [3.63, 3.8) is 0 Å². The molecule has 23 heavy (non-hydrogen) atoms. The zero-order valence-electron chi connectivity index (χ0n) is 14.9. The molecule has 1 aromatic rings. The predicted molar refractivity (Wildman–Crippen MR) is 90.6 cm³/mol. The van der Waals surface area contributed by atoms with E-state index in [0.717, 1.165) is 5.75 Å².